The molecule has 1 aliphatic rings. The molecule has 14 heavy (non-hydrogen) atoms. The maximum atomic E-state index is 5.75. The molecule has 78 valence electrons. The normalized spacial score (nSPS) is 29.1. The average molecular weight is 210 g/mol. The second-order valence-corrected chi connectivity index (χ2v) is 5.60. The van der Waals surface area contributed by atoms with E-state index in [0.29, 0.717) is 17.3 Å². The third kappa shape index (κ3) is 1.39. The number of thiazole rings is 1. The Balaban J connectivity index is 2.18. The molecule has 1 saturated carbocycles. The first-order valence-corrected chi connectivity index (χ1v) is 6.13. The van der Waals surface area contributed by atoms with Crippen LogP contribution < -0.4 is 5.73 Å². The topological polar surface area (TPSA) is 38.9 Å². The smallest absolute Gasteiger partial charge is 0.0925 e. The summed E-state index contributed by atoms with van der Waals surface area (Å²) in [6, 6.07) is 0. The molecule has 0 radical (unpaired) electrons. The van der Waals surface area contributed by atoms with Crippen LogP contribution in [0.25, 0.3) is 0 Å². The molecule has 2 atom stereocenters. The van der Waals surface area contributed by atoms with Gasteiger partial charge in [-0.25, -0.2) is 4.98 Å². The minimum absolute atomic E-state index is 0.369. The van der Waals surface area contributed by atoms with E-state index >= 15 is 0 Å². The molecule has 0 aliphatic heterocycles. The molecule has 2 rings (SSSR count). The Bertz CT molecular complexity index is 330. The third-order valence-electron chi connectivity index (χ3n) is 3.50. The van der Waals surface area contributed by atoms with Gasteiger partial charge in [-0.15, -0.1) is 11.3 Å². The molecule has 0 amide bonds. The van der Waals surface area contributed by atoms with Crippen molar-refractivity contribution in [3.8, 4) is 0 Å². The van der Waals surface area contributed by atoms with Gasteiger partial charge in [0.1, 0.15) is 0 Å². The highest BCUT2D eigenvalue weighted by atomic mass is 32.1. The lowest BCUT2D eigenvalue weighted by Crippen LogP contribution is -2.05. The Labute approximate surface area is 89.5 Å². The second-order valence-electron chi connectivity index (χ2n) is 4.66. The van der Waals surface area contributed by atoms with Gasteiger partial charge >= 0.3 is 0 Å². The van der Waals surface area contributed by atoms with Crippen LogP contribution in [0.15, 0.2) is 5.38 Å². The molecule has 1 heterocycles. The first kappa shape index (κ1) is 10.1. The summed E-state index contributed by atoms with van der Waals surface area (Å²) < 4.78 is 0. The van der Waals surface area contributed by atoms with E-state index in [1.165, 1.54) is 10.7 Å². The quantitative estimate of drug-likeness (QED) is 0.832. The van der Waals surface area contributed by atoms with Crippen molar-refractivity contribution in [2.45, 2.75) is 33.1 Å². The SMILES string of the molecule is CCc1nc(C2C(CN)C2(C)C)cs1. The Hall–Kier alpha value is -0.410. The van der Waals surface area contributed by atoms with Gasteiger partial charge in [0.15, 0.2) is 0 Å². The second kappa shape index (κ2) is 3.31. The zero-order chi connectivity index (χ0) is 10.3. The molecule has 1 aromatic heterocycles. The molecule has 1 aromatic rings. The summed E-state index contributed by atoms with van der Waals surface area (Å²) in [5, 5.41) is 3.46. The predicted octanol–water partition coefficient (Wildman–Crippen LogP) is 2.40. The first-order chi connectivity index (χ1) is 6.61. The molecular formula is C11H18N2S. The number of nitrogens with two attached hydrogens (primary N) is 1. The summed E-state index contributed by atoms with van der Waals surface area (Å²) in [6.45, 7) is 7.53. The van der Waals surface area contributed by atoms with E-state index < -0.39 is 0 Å². The molecule has 2 N–H and O–H groups in total. The van der Waals surface area contributed by atoms with Gasteiger partial charge in [0, 0.05) is 11.3 Å². The Kier molecular flexibility index (Phi) is 2.40. The standard InChI is InChI=1S/C11H18N2S/c1-4-9-13-8(6-14-9)10-7(5-12)11(10,2)3/h6-7,10H,4-5,12H2,1-3H3. The van der Waals surface area contributed by atoms with Crippen LogP contribution in [0.3, 0.4) is 0 Å². The highest BCUT2D eigenvalue weighted by Crippen LogP contribution is 2.63. The first-order valence-electron chi connectivity index (χ1n) is 5.25. The number of aryl methyl sites for hydroxylation is 1. The highest BCUT2D eigenvalue weighted by Gasteiger charge is 2.58. The number of rotatable bonds is 3. The van der Waals surface area contributed by atoms with Crippen LogP contribution in [-0.4, -0.2) is 11.5 Å². The molecule has 3 heteroatoms. The number of aromatic nitrogens is 1. The molecule has 2 nitrogen and oxygen atoms in total. The van der Waals surface area contributed by atoms with Crippen molar-refractivity contribution >= 4 is 11.3 Å². The highest BCUT2D eigenvalue weighted by molar-refractivity contribution is 7.09. The summed E-state index contributed by atoms with van der Waals surface area (Å²) >= 11 is 1.78. The van der Waals surface area contributed by atoms with E-state index in [9.17, 15) is 0 Å². The fourth-order valence-corrected chi connectivity index (χ4v) is 3.18. The molecular weight excluding hydrogens is 192 g/mol. The zero-order valence-corrected chi connectivity index (χ0v) is 9.90. The van der Waals surface area contributed by atoms with Crippen molar-refractivity contribution in [2.24, 2.45) is 17.1 Å². The lowest BCUT2D eigenvalue weighted by atomic mass is 10.1. The van der Waals surface area contributed by atoms with Gasteiger partial charge in [-0.2, -0.15) is 0 Å². The lowest BCUT2D eigenvalue weighted by Gasteiger charge is -1.98. The summed E-state index contributed by atoms with van der Waals surface area (Å²) in [5.74, 6) is 1.23. The largest absolute Gasteiger partial charge is 0.330 e. The van der Waals surface area contributed by atoms with Crippen molar-refractivity contribution in [1.29, 1.82) is 0 Å². The van der Waals surface area contributed by atoms with Crippen LogP contribution >= 0.6 is 11.3 Å². The number of hydrogen-bond donors (Lipinski definition) is 1. The summed E-state index contributed by atoms with van der Waals surface area (Å²) in [7, 11) is 0. The lowest BCUT2D eigenvalue weighted by molar-refractivity contribution is 0.557. The van der Waals surface area contributed by atoms with E-state index in [0.717, 1.165) is 13.0 Å². The number of hydrogen-bond acceptors (Lipinski definition) is 3. The summed E-state index contributed by atoms with van der Waals surface area (Å²) in [5.41, 5.74) is 7.39. The minimum Gasteiger partial charge on any atom is -0.330 e. The number of nitrogens with zero attached hydrogens (tertiary/aromatic N) is 1. The van der Waals surface area contributed by atoms with Crippen LogP contribution in [0.1, 0.15) is 37.4 Å². The van der Waals surface area contributed by atoms with Crippen LogP contribution in [0.2, 0.25) is 0 Å². The Morgan fingerprint density at radius 1 is 1.57 bits per heavy atom. The van der Waals surface area contributed by atoms with Crippen molar-refractivity contribution in [3.05, 3.63) is 16.1 Å². The van der Waals surface area contributed by atoms with Gasteiger partial charge in [-0.3, -0.25) is 0 Å². The van der Waals surface area contributed by atoms with E-state index in [1.807, 2.05) is 0 Å². The molecule has 2 unspecified atom stereocenters. The Morgan fingerprint density at radius 2 is 2.29 bits per heavy atom. The maximum Gasteiger partial charge on any atom is 0.0925 e. The molecule has 0 bridgehead atoms. The van der Waals surface area contributed by atoms with Crippen molar-refractivity contribution in [3.63, 3.8) is 0 Å². The van der Waals surface area contributed by atoms with E-state index in [1.54, 1.807) is 11.3 Å². The Morgan fingerprint density at radius 3 is 2.71 bits per heavy atom. The fraction of sp³-hybridized carbons (Fsp3) is 0.727. The van der Waals surface area contributed by atoms with Crippen LogP contribution in [0, 0.1) is 11.3 Å². The molecule has 0 aromatic carbocycles. The fourth-order valence-electron chi connectivity index (χ4n) is 2.40. The van der Waals surface area contributed by atoms with Gasteiger partial charge in [0.05, 0.1) is 10.7 Å². The molecule has 1 fully saturated rings. The van der Waals surface area contributed by atoms with E-state index in [2.05, 4.69) is 31.1 Å². The molecule has 0 saturated heterocycles. The van der Waals surface area contributed by atoms with E-state index in [-0.39, 0.29) is 0 Å². The van der Waals surface area contributed by atoms with E-state index in [4.69, 9.17) is 5.73 Å². The zero-order valence-electron chi connectivity index (χ0n) is 9.08. The van der Waals surface area contributed by atoms with Gasteiger partial charge in [-0.05, 0) is 24.3 Å². The monoisotopic (exact) mass is 210 g/mol. The van der Waals surface area contributed by atoms with Gasteiger partial charge in [0.25, 0.3) is 0 Å². The van der Waals surface area contributed by atoms with Crippen molar-refractivity contribution < 1.29 is 0 Å². The minimum atomic E-state index is 0.369. The van der Waals surface area contributed by atoms with Crippen molar-refractivity contribution in [1.82, 2.24) is 4.98 Å². The van der Waals surface area contributed by atoms with Crippen LogP contribution in [-0.2, 0) is 6.42 Å². The third-order valence-corrected chi connectivity index (χ3v) is 4.51. The van der Waals surface area contributed by atoms with Crippen LogP contribution in [0.5, 0.6) is 0 Å². The van der Waals surface area contributed by atoms with Gasteiger partial charge in [0.2, 0.25) is 0 Å². The molecule has 0 spiro atoms. The maximum absolute atomic E-state index is 5.75. The predicted molar refractivity (Wildman–Crippen MR) is 60.6 cm³/mol. The molecule has 1 aliphatic carbocycles. The average Bonchev–Trinajstić information content (AvgIpc) is 2.55. The summed E-state index contributed by atoms with van der Waals surface area (Å²) in [4.78, 5) is 4.65. The van der Waals surface area contributed by atoms with Gasteiger partial charge in [-0.1, -0.05) is 20.8 Å². The van der Waals surface area contributed by atoms with Crippen molar-refractivity contribution in [2.75, 3.05) is 6.54 Å². The van der Waals surface area contributed by atoms with Gasteiger partial charge < -0.3 is 5.73 Å². The summed E-state index contributed by atoms with van der Waals surface area (Å²) in [6.07, 6.45) is 1.05. The van der Waals surface area contributed by atoms with Crippen LogP contribution in [0.4, 0.5) is 0 Å².